The summed E-state index contributed by atoms with van der Waals surface area (Å²) >= 11 is 0. The van der Waals surface area contributed by atoms with Crippen LogP contribution in [0.4, 0.5) is 0 Å². The lowest BCUT2D eigenvalue weighted by atomic mass is 10.2. The molecule has 1 unspecified atom stereocenters. The van der Waals surface area contributed by atoms with E-state index < -0.39 is 6.10 Å². The molecule has 1 aliphatic heterocycles. The molecule has 1 rings (SSSR count). The second kappa shape index (κ2) is 4.66. The van der Waals surface area contributed by atoms with Gasteiger partial charge in [0.1, 0.15) is 0 Å². The molecule has 4 heteroatoms. The van der Waals surface area contributed by atoms with E-state index in [1.165, 1.54) is 0 Å². The summed E-state index contributed by atoms with van der Waals surface area (Å²) in [6, 6.07) is 0. The van der Waals surface area contributed by atoms with Crippen LogP contribution >= 0.6 is 0 Å². The fourth-order valence-electron chi connectivity index (χ4n) is 1.03. The quantitative estimate of drug-likeness (QED) is 0.584. The Balaban J connectivity index is 2.08. The van der Waals surface area contributed by atoms with E-state index in [0.717, 1.165) is 0 Å². The van der Waals surface area contributed by atoms with Gasteiger partial charge in [-0.1, -0.05) is 0 Å². The van der Waals surface area contributed by atoms with Crippen LogP contribution in [-0.2, 0) is 9.47 Å². The van der Waals surface area contributed by atoms with Gasteiger partial charge < -0.3 is 19.7 Å². The first-order valence-electron chi connectivity index (χ1n) is 3.85. The van der Waals surface area contributed by atoms with E-state index >= 15 is 0 Å². The summed E-state index contributed by atoms with van der Waals surface area (Å²) in [7, 11) is 0. The Kier molecular flexibility index (Phi) is 3.79. The average molecular weight is 162 g/mol. The van der Waals surface area contributed by atoms with Gasteiger partial charge in [0, 0.05) is 13.0 Å². The van der Waals surface area contributed by atoms with Crippen LogP contribution in [0.5, 0.6) is 0 Å². The summed E-state index contributed by atoms with van der Waals surface area (Å²) in [4.78, 5) is 0. The van der Waals surface area contributed by atoms with Gasteiger partial charge in [-0.25, -0.2) is 0 Å². The highest BCUT2D eigenvalue weighted by atomic mass is 16.7. The molecule has 0 saturated carbocycles. The van der Waals surface area contributed by atoms with E-state index in [9.17, 15) is 5.11 Å². The molecule has 2 N–H and O–H groups in total. The third-order valence-corrected chi connectivity index (χ3v) is 1.62. The number of rotatable bonds is 4. The summed E-state index contributed by atoms with van der Waals surface area (Å²) < 4.78 is 10.2. The van der Waals surface area contributed by atoms with Crippen LogP contribution in [0.1, 0.15) is 12.8 Å². The average Bonchev–Trinajstić information content (AvgIpc) is 2.40. The molecule has 1 heterocycles. The molecule has 0 bridgehead atoms. The molecule has 0 amide bonds. The predicted octanol–water partition coefficient (Wildman–Crippen LogP) is -0.507. The van der Waals surface area contributed by atoms with Crippen molar-refractivity contribution in [3.63, 3.8) is 0 Å². The maximum absolute atomic E-state index is 9.19. The molecule has 4 nitrogen and oxygen atoms in total. The Labute approximate surface area is 65.7 Å². The Morgan fingerprint density at radius 2 is 2.00 bits per heavy atom. The molecule has 0 radical (unpaired) electrons. The largest absolute Gasteiger partial charge is 0.396 e. The minimum atomic E-state index is -0.511. The first-order chi connectivity index (χ1) is 5.33. The first-order valence-corrected chi connectivity index (χ1v) is 3.85. The third kappa shape index (κ3) is 3.16. The van der Waals surface area contributed by atoms with Crippen molar-refractivity contribution >= 4 is 0 Å². The molecule has 0 aromatic heterocycles. The summed E-state index contributed by atoms with van der Waals surface area (Å²) in [6.07, 6.45) is 0.0729. The van der Waals surface area contributed by atoms with Crippen LogP contribution in [0.2, 0.25) is 0 Å². The van der Waals surface area contributed by atoms with E-state index in [1.54, 1.807) is 0 Å². The Hall–Kier alpha value is -0.160. The molecular formula is C7H14O4. The fourth-order valence-corrected chi connectivity index (χ4v) is 1.03. The maximum Gasteiger partial charge on any atom is 0.160 e. The van der Waals surface area contributed by atoms with Crippen LogP contribution in [0.25, 0.3) is 0 Å². The highest BCUT2D eigenvalue weighted by Crippen LogP contribution is 2.11. The normalized spacial score (nSPS) is 22.4. The van der Waals surface area contributed by atoms with Gasteiger partial charge in [-0.05, 0) is 6.42 Å². The van der Waals surface area contributed by atoms with Gasteiger partial charge in [0.25, 0.3) is 0 Å². The van der Waals surface area contributed by atoms with Gasteiger partial charge >= 0.3 is 0 Å². The molecule has 0 aliphatic carbocycles. The monoisotopic (exact) mass is 162 g/mol. The van der Waals surface area contributed by atoms with Crippen LogP contribution in [-0.4, -0.2) is 42.4 Å². The van der Waals surface area contributed by atoms with Gasteiger partial charge in [0.05, 0.1) is 19.3 Å². The minimum Gasteiger partial charge on any atom is -0.396 e. The lowest BCUT2D eigenvalue weighted by Crippen LogP contribution is -2.19. The summed E-state index contributed by atoms with van der Waals surface area (Å²) in [5.74, 6) is 0. The van der Waals surface area contributed by atoms with Crippen LogP contribution in [0, 0.1) is 0 Å². The van der Waals surface area contributed by atoms with Crippen molar-refractivity contribution in [2.45, 2.75) is 25.2 Å². The Morgan fingerprint density at radius 1 is 1.36 bits per heavy atom. The van der Waals surface area contributed by atoms with Crippen molar-refractivity contribution in [1.29, 1.82) is 0 Å². The van der Waals surface area contributed by atoms with Gasteiger partial charge in [0.15, 0.2) is 6.29 Å². The molecule has 1 saturated heterocycles. The zero-order chi connectivity index (χ0) is 8.10. The first kappa shape index (κ1) is 8.93. The van der Waals surface area contributed by atoms with E-state index in [0.29, 0.717) is 26.1 Å². The van der Waals surface area contributed by atoms with Crippen molar-refractivity contribution < 1.29 is 19.7 Å². The SMILES string of the molecule is OCCC(O)CC1OCCO1. The van der Waals surface area contributed by atoms with Gasteiger partial charge in [-0.3, -0.25) is 0 Å². The van der Waals surface area contributed by atoms with Crippen LogP contribution in [0.15, 0.2) is 0 Å². The third-order valence-electron chi connectivity index (χ3n) is 1.62. The highest BCUT2D eigenvalue weighted by Gasteiger charge is 2.19. The molecule has 0 spiro atoms. The number of aliphatic hydroxyl groups excluding tert-OH is 2. The van der Waals surface area contributed by atoms with Gasteiger partial charge in [-0.15, -0.1) is 0 Å². The van der Waals surface area contributed by atoms with Gasteiger partial charge in [0.2, 0.25) is 0 Å². The lowest BCUT2D eigenvalue weighted by molar-refractivity contribution is -0.0725. The molecule has 0 aromatic rings. The van der Waals surface area contributed by atoms with Crippen molar-refractivity contribution in [3.05, 3.63) is 0 Å². The molecule has 1 aliphatic rings. The summed E-state index contributed by atoms with van der Waals surface area (Å²) in [5.41, 5.74) is 0. The standard InChI is InChI=1S/C7H14O4/c8-2-1-6(9)5-7-10-3-4-11-7/h6-9H,1-5H2. The molecule has 66 valence electrons. The maximum atomic E-state index is 9.19. The van der Waals surface area contributed by atoms with Crippen LogP contribution in [0.3, 0.4) is 0 Å². The molecule has 1 fully saturated rings. The van der Waals surface area contributed by atoms with E-state index in [2.05, 4.69) is 0 Å². The molecule has 1 atom stereocenters. The predicted molar refractivity (Wildman–Crippen MR) is 38.0 cm³/mol. The lowest BCUT2D eigenvalue weighted by Gasteiger charge is -2.12. The summed E-state index contributed by atoms with van der Waals surface area (Å²) in [6.45, 7) is 1.22. The summed E-state index contributed by atoms with van der Waals surface area (Å²) in [5, 5.41) is 17.7. The number of hydrogen-bond acceptors (Lipinski definition) is 4. The van der Waals surface area contributed by atoms with Crippen molar-refractivity contribution in [3.8, 4) is 0 Å². The molecule has 11 heavy (non-hydrogen) atoms. The number of aliphatic hydroxyl groups is 2. The highest BCUT2D eigenvalue weighted by molar-refractivity contribution is 4.60. The molecule has 0 aromatic carbocycles. The second-order valence-electron chi connectivity index (χ2n) is 2.57. The van der Waals surface area contributed by atoms with Crippen LogP contribution < -0.4 is 0 Å². The fraction of sp³-hybridized carbons (Fsp3) is 1.00. The van der Waals surface area contributed by atoms with Crippen molar-refractivity contribution in [2.75, 3.05) is 19.8 Å². The Morgan fingerprint density at radius 3 is 2.55 bits per heavy atom. The van der Waals surface area contributed by atoms with E-state index in [1.807, 2.05) is 0 Å². The van der Waals surface area contributed by atoms with Crippen molar-refractivity contribution in [1.82, 2.24) is 0 Å². The zero-order valence-corrected chi connectivity index (χ0v) is 6.40. The zero-order valence-electron chi connectivity index (χ0n) is 6.40. The number of hydrogen-bond donors (Lipinski definition) is 2. The van der Waals surface area contributed by atoms with E-state index in [-0.39, 0.29) is 12.9 Å². The second-order valence-corrected chi connectivity index (χ2v) is 2.57. The smallest absolute Gasteiger partial charge is 0.160 e. The van der Waals surface area contributed by atoms with Gasteiger partial charge in [-0.2, -0.15) is 0 Å². The van der Waals surface area contributed by atoms with Crippen molar-refractivity contribution in [2.24, 2.45) is 0 Å². The number of ether oxygens (including phenoxy) is 2. The minimum absolute atomic E-state index is 0.00782. The Bertz CT molecular complexity index is 101. The van der Waals surface area contributed by atoms with E-state index in [4.69, 9.17) is 14.6 Å². The topological polar surface area (TPSA) is 58.9 Å². The molecular weight excluding hydrogens is 148 g/mol.